The van der Waals surface area contributed by atoms with Crippen LogP contribution in [0, 0.1) is 10.1 Å². The average molecular weight is 396 g/mol. The Morgan fingerprint density at radius 1 is 1.22 bits per heavy atom. The Kier molecular flexibility index (Phi) is 6.08. The SMILES string of the molecule is O=C(NCC1CCCN1)C1CCCCN1S(=O)(=O)c1ccc([N+](=O)[O-])cc1. The molecule has 0 spiro atoms. The van der Waals surface area contributed by atoms with Crippen molar-refractivity contribution < 1.29 is 18.1 Å². The van der Waals surface area contributed by atoms with Gasteiger partial charge >= 0.3 is 0 Å². The number of piperidine rings is 1. The lowest BCUT2D eigenvalue weighted by Gasteiger charge is -2.33. The first-order chi connectivity index (χ1) is 12.9. The van der Waals surface area contributed by atoms with E-state index in [0.29, 0.717) is 19.4 Å². The number of benzene rings is 1. The largest absolute Gasteiger partial charge is 0.353 e. The molecule has 2 fully saturated rings. The van der Waals surface area contributed by atoms with Crippen LogP contribution >= 0.6 is 0 Å². The van der Waals surface area contributed by atoms with Crippen LogP contribution in [0.3, 0.4) is 0 Å². The van der Waals surface area contributed by atoms with Crippen LogP contribution in [0.5, 0.6) is 0 Å². The second kappa shape index (κ2) is 8.32. The average Bonchev–Trinajstić information content (AvgIpc) is 3.20. The van der Waals surface area contributed by atoms with Gasteiger partial charge in [0.15, 0.2) is 0 Å². The number of amides is 1. The van der Waals surface area contributed by atoms with Gasteiger partial charge in [-0.05, 0) is 44.4 Å². The van der Waals surface area contributed by atoms with Crippen LogP contribution < -0.4 is 10.6 Å². The molecular weight excluding hydrogens is 372 g/mol. The third-order valence-electron chi connectivity index (χ3n) is 5.10. The first kappa shape index (κ1) is 19.7. The second-order valence-corrected chi connectivity index (χ2v) is 8.81. The number of hydrogen-bond donors (Lipinski definition) is 2. The maximum Gasteiger partial charge on any atom is 0.269 e. The van der Waals surface area contributed by atoms with Crippen molar-refractivity contribution in [1.29, 1.82) is 0 Å². The Balaban J connectivity index is 1.74. The molecule has 3 rings (SSSR count). The van der Waals surface area contributed by atoms with Crippen LogP contribution in [0.15, 0.2) is 29.2 Å². The zero-order valence-electron chi connectivity index (χ0n) is 15.0. The third kappa shape index (κ3) is 4.45. The Labute approximate surface area is 158 Å². The number of nitrogens with zero attached hydrogens (tertiary/aromatic N) is 2. The van der Waals surface area contributed by atoms with Crippen molar-refractivity contribution >= 4 is 21.6 Å². The first-order valence-corrected chi connectivity index (χ1v) is 10.6. The molecule has 0 aliphatic carbocycles. The number of nitrogens with one attached hydrogen (secondary N) is 2. The molecule has 2 saturated heterocycles. The van der Waals surface area contributed by atoms with E-state index in [2.05, 4.69) is 10.6 Å². The van der Waals surface area contributed by atoms with E-state index in [1.807, 2.05) is 0 Å². The zero-order chi connectivity index (χ0) is 19.4. The fraction of sp³-hybridized carbons (Fsp3) is 0.588. The van der Waals surface area contributed by atoms with Crippen molar-refractivity contribution in [1.82, 2.24) is 14.9 Å². The molecule has 148 valence electrons. The van der Waals surface area contributed by atoms with Crippen LogP contribution in [0.25, 0.3) is 0 Å². The Morgan fingerprint density at radius 2 is 1.96 bits per heavy atom. The van der Waals surface area contributed by atoms with E-state index in [-0.39, 0.29) is 29.1 Å². The fourth-order valence-electron chi connectivity index (χ4n) is 3.60. The molecule has 1 aromatic carbocycles. The van der Waals surface area contributed by atoms with Gasteiger partial charge in [-0.3, -0.25) is 14.9 Å². The van der Waals surface area contributed by atoms with E-state index < -0.39 is 21.0 Å². The lowest BCUT2D eigenvalue weighted by molar-refractivity contribution is -0.384. The number of carbonyl (C=O) groups is 1. The van der Waals surface area contributed by atoms with Crippen LogP contribution in [0.1, 0.15) is 32.1 Å². The fourth-order valence-corrected chi connectivity index (χ4v) is 5.26. The Morgan fingerprint density at radius 3 is 2.59 bits per heavy atom. The van der Waals surface area contributed by atoms with Crippen LogP contribution in [-0.4, -0.2) is 55.3 Å². The number of hydrogen-bond acceptors (Lipinski definition) is 6. The molecule has 2 N–H and O–H groups in total. The topological polar surface area (TPSA) is 122 Å². The van der Waals surface area contributed by atoms with Gasteiger partial charge in [-0.15, -0.1) is 0 Å². The second-order valence-electron chi connectivity index (χ2n) is 6.92. The molecule has 10 heteroatoms. The van der Waals surface area contributed by atoms with Crippen molar-refractivity contribution in [3.05, 3.63) is 34.4 Å². The Bertz CT molecular complexity index is 790. The summed E-state index contributed by atoms with van der Waals surface area (Å²) in [6, 6.07) is 4.26. The quantitative estimate of drug-likeness (QED) is 0.547. The summed E-state index contributed by atoms with van der Waals surface area (Å²) in [5, 5.41) is 16.9. The van der Waals surface area contributed by atoms with Crippen LogP contribution in [0.2, 0.25) is 0 Å². The molecule has 2 atom stereocenters. The summed E-state index contributed by atoms with van der Waals surface area (Å²) in [5.41, 5.74) is -0.175. The molecule has 2 aliphatic rings. The summed E-state index contributed by atoms with van der Waals surface area (Å²) in [6.07, 6.45) is 4.00. The molecule has 1 amide bonds. The predicted molar refractivity (Wildman–Crippen MR) is 98.7 cm³/mol. The summed E-state index contributed by atoms with van der Waals surface area (Å²) in [7, 11) is -3.90. The minimum absolute atomic E-state index is 0.0368. The third-order valence-corrected chi connectivity index (χ3v) is 7.02. The van der Waals surface area contributed by atoms with Gasteiger partial charge in [-0.2, -0.15) is 4.31 Å². The number of non-ortho nitro benzene ring substituents is 1. The van der Waals surface area contributed by atoms with Gasteiger partial charge < -0.3 is 10.6 Å². The van der Waals surface area contributed by atoms with Gasteiger partial charge in [0.25, 0.3) is 5.69 Å². The number of sulfonamides is 1. The summed E-state index contributed by atoms with van der Waals surface area (Å²) in [6.45, 7) is 1.68. The summed E-state index contributed by atoms with van der Waals surface area (Å²) in [4.78, 5) is 22.8. The molecule has 0 radical (unpaired) electrons. The standard InChI is InChI=1S/C17H24N4O5S/c22-17(19-12-13-4-3-10-18-13)16-5-1-2-11-20(16)27(25,26)15-8-6-14(7-9-15)21(23)24/h6-9,13,16,18H,1-5,10-12H2,(H,19,22). The smallest absolute Gasteiger partial charge is 0.269 e. The van der Waals surface area contributed by atoms with E-state index in [9.17, 15) is 23.3 Å². The summed E-state index contributed by atoms with van der Waals surface area (Å²) >= 11 is 0. The molecule has 0 aromatic heterocycles. The van der Waals surface area contributed by atoms with Crippen LogP contribution in [-0.2, 0) is 14.8 Å². The minimum atomic E-state index is -3.90. The van der Waals surface area contributed by atoms with E-state index in [1.165, 1.54) is 16.4 Å². The zero-order valence-corrected chi connectivity index (χ0v) is 15.8. The molecule has 0 bridgehead atoms. The Hall–Kier alpha value is -2.04. The normalized spacial score (nSPS) is 23.9. The van der Waals surface area contributed by atoms with Gasteiger partial charge in [-0.25, -0.2) is 8.42 Å². The van der Waals surface area contributed by atoms with E-state index in [4.69, 9.17) is 0 Å². The van der Waals surface area contributed by atoms with E-state index >= 15 is 0 Å². The molecule has 9 nitrogen and oxygen atoms in total. The van der Waals surface area contributed by atoms with E-state index in [0.717, 1.165) is 37.9 Å². The molecule has 1 aromatic rings. The van der Waals surface area contributed by atoms with Gasteiger partial charge in [-0.1, -0.05) is 6.42 Å². The van der Waals surface area contributed by atoms with Crippen molar-refractivity contribution in [3.8, 4) is 0 Å². The molecule has 0 saturated carbocycles. The highest BCUT2D eigenvalue weighted by atomic mass is 32.2. The summed E-state index contributed by atoms with van der Waals surface area (Å²) in [5.74, 6) is -0.283. The minimum Gasteiger partial charge on any atom is -0.353 e. The number of rotatable bonds is 6. The molecule has 27 heavy (non-hydrogen) atoms. The molecule has 2 aliphatic heterocycles. The van der Waals surface area contributed by atoms with Crippen molar-refractivity contribution in [3.63, 3.8) is 0 Å². The van der Waals surface area contributed by atoms with Crippen molar-refractivity contribution in [2.45, 2.75) is 49.1 Å². The monoisotopic (exact) mass is 396 g/mol. The molecule has 2 heterocycles. The lowest BCUT2D eigenvalue weighted by Crippen LogP contribution is -2.53. The molecule has 2 unspecified atom stereocenters. The predicted octanol–water partition coefficient (Wildman–Crippen LogP) is 1.01. The highest BCUT2D eigenvalue weighted by molar-refractivity contribution is 7.89. The van der Waals surface area contributed by atoms with E-state index in [1.54, 1.807) is 0 Å². The van der Waals surface area contributed by atoms with Gasteiger partial charge in [0.1, 0.15) is 6.04 Å². The van der Waals surface area contributed by atoms with Gasteiger partial charge in [0.05, 0.1) is 9.82 Å². The van der Waals surface area contributed by atoms with Crippen LogP contribution in [0.4, 0.5) is 5.69 Å². The van der Waals surface area contributed by atoms with Crippen molar-refractivity contribution in [2.24, 2.45) is 0 Å². The number of carbonyl (C=O) groups excluding carboxylic acids is 1. The number of nitro benzene ring substituents is 1. The lowest BCUT2D eigenvalue weighted by atomic mass is 10.0. The van der Waals surface area contributed by atoms with Gasteiger partial charge in [0, 0.05) is 31.3 Å². The van der Waals surface area contributed by atoms with Gasteiger partial charge in [0.2, 0.25) is 15.9 Å². The number of nitro groups is 1. The molecular formula is C17H24N4O5S. The van der Waals surface area contributed by atoms with Crippen molar-refractivity contribution in [2.75, 3.05) is 19.6 Å². The maximum absolute atomic E-state index is 13.0. The first-order valence-electron chi connectivity index (χ1n) is 9.17. The summed E-state index contributed by atoms with van der Waals surface area (Å²) < 4.78 is 27.2. The maximum atomic E-state index is 13.0. The highest BCUT2D eigenvalue weighted by Crippen LogP contribution is 2.26. The highest BCUT2D eigenvalue weighted by Gasteiger charge is 2.37.